The summed E-state index contributed by atoms with van der Waals surface area (Å²) in [6.07, 6.45) is 3.93. The van der Waals surface area contributed by atoms with Crippen LogP contribution in [0.5, 0.6) is 0 Å². The van der Waals surface area contributed by atoms with Crippen LogP contribution in [0.25, 0.3) is 0 Å². The summed E-state index contributed by atoms with van der Waals surface area (Å²) in [7, 11) is 3.39. The van der Waals surface area contributed by atoms with Crippen molar-refractivity contribution >= 4 is 5.97 Å². The van der Waals surface area contributed by atoms with Crippen molar-refractivity contribution in [3.63, 3.8) is 0 Å². The molecule has 106 valence electrons. The fraction of sp³-hybridized carbons (Fsp3) is 0.643. The second kappa shape index (κ2) is 6.73. The molecule has 5 nitrogen and oxygen atoms in total. The van der Waals surface area contributed by atoms with Crippen molar-refractivity contribution in [3.8, 4) is 0 Å². The van der Waals surface area contributed by atoms with Gasteiger partial charge in [0.25, 0.3) is 0 Å². The lowest BCUT2D eigenvalue weighted by Crippen LogP contribution is -2.36. The Labute approximate surface area is 113 Å². The van der Waals surface area contributed by atoms with Crippen molar-refractivity contribution in [3.05, 3.63) is 23.7 Å². The van der Waals surface area contributed by atoms with Gasteiger partial charge in [0.2, 0.25) is 0 Å². The van der Waals surface area contributed by atoms with Gasteiger partial charge in [0, 0.05) is 0 Å². The van der Waals surface area contributed by atoms with Crippen LogP contribution in [0.2, 0.25) is 0 Å². The summed E-state index contributed by atoms with van der Waals surface area (Å²) in [5, 5.41) is 3.23. The maximum absolute atomic E-state index is 11.6. The summed E-state index contributed by atoms with van der Waals surface area (Å²) in [5.74, 6) is 1.14. The molecule has 1 aliphatic rings. The molecular weight excluding hydrogens is 244 g/mol. The quantitative estimate of drug-likeness (QED) is 0.818. The highest BCUT2D eigenvalue weighted by Gasteiger charge is 2.22. The highest BCUT2D eigenvalue weighted by atomic mass is 16.5. The van der Waals surface area contributed by atoms with Gasteiger partial charge in [0.15, 0.2) is 0 Å². The molecule has 0 bridgehead atoms. The van der Waals surface area contributed by atoms with Gasteiger partial charge in [-0.2, -0.15) is 0 Å². The first kappa shape index (κ1) is 14.1. The van der Waals surface area contributed by atoms with Gasteiger partial charge in [-0.1, -0.05) is 0 Å². The van der Waals surface area contributed by atoms with E-state index in [1.54, 1.807) is 12.3 Å². The molecule has 0 atom stereocenters. The summed E-state index contributed by atoms with van der Waals surface area (Å²) in [6.45, 7) is 3.87. The second-order valence-electron chi connectivity index (χ2n) is 5.03. The number of methoxy groups -OCH3 is 1. The Balaban J connectivity index is 1.89. The molecule has 0 aliphatic carbocycles. The minimum Gasteiger partial charge on any atom is -0.467 e. The molecule has 2 heterocycles. The number of nitrogens with zero attached hydrogens (tertiary/aromatic N) is 1. The van der Waals surface area contributed by atoms with Crippen LogP contribution in [0.1, 0.15) is 29.0 Å². The van der Waals surface area contributed by atoms with E-state index >= 15 is 0 Å². The topological polar surface area (TPSA) is 54.7 Å². The molecule has 0 radical (unpaired) electrons. The highest BCUT2D eigenvalue weighted by molar-refractivity contribution is 5.90. The molecule has 0 amide bonds. The number of furan rings is 1. The van der Waals surface area contributed by atoms with Gasteiger partial charge in [-0.05, 0) is 51.5 Å². The molecule has 1 N–H and O–H groups in total. The Kier molecular flexibility index (Phi) is 4.99. The van der Waals surface area contributed by atoms with Gasteiger partial charge >= 0.3 is 5.97 Å². The Hall–Kier alpha value is -1.33. The Morgan fingerprint density at radius 3 is 2.89 bits per heavy atom. The minimum absolute atomic E-state index is 0.325. The predicted octanol–water partition coefficient (Wildman–Crippen LogP) is 1.50. The molecule has 0 unspecified atom stereocenters. The van der Waals surface area contributed by atoms with Crippen molar-refractivity contribution in [1.82, 2.24) is 10.2 Å². The first-order chi connectivity index (χ1) is 9.24. The lowest BCUT2D eigenvalue weighted by molar-refractivity contribution is 0.0595. The van der Waals surface area contributed by atoms with Crippen LogP contribution < -0.4 is 5.32 Å². The number of carbonyl (C=O) groups excluding carboxylic acids is 1. The summed E-state index contributed by atoms with van der Waals surface area (Å²) in [4.78, 5) is 13.9. The second-order valence-corrected chi connectivity index (χ2v) is 5.03. The Morgan fingerprint density at radius 1 is 1.53 bits per heavy atom. The third kappa shape index (κ3) is 3.58. The van der Waals surface area contributed by atoms with Crippen LogP contribution in [-0.2, 0) is 11.3 Å². The van der Waals surface area contributed by atoms with Crippen molar-refractivity contribution < 1.29 is 13.9 Å². The summed E-state index contributed by atoms with van der Waals surface area (Å²) in [5.41, 5.74) is 0.542. The largest absolute Gasteiger partial charge is 0.467 e. The van der Waals surface area contributed by atoms with Crippen molar-refractivity contribution in [2.45, 2.75) is 19.4 Å². The third-order valence-corrected chi connectivity index (χ3v) is 3.72. The maximum atomic E-state index is 11.6. The van der Waals surface area contributed by atoms with Crippen molar-refractivity contribution in [2.24, 2.45) is 5.92 Å². The summed E-state index contributed by atoms with van der Waals surface area (Å²) < 4.78 is 10.2. The van der Waals surface area contributed by atoms with E-state index < -0.39 is 0 Å². The number of ether oxygens (including phenoxy) is 1. The molecule has 1 fully saturated rings. The number of nitrogens with one attached hydrogen (secondary N) is 1. The fourth-order valence-electron chi connectivity index (χ4n) is 2.60. The minimum atomic E-state index is -0.325. The zero-order chi connectivity index (χ0) is 13.7. The number of carbonyl (C=O) groups is 1. The monoisotopic (exact) mass is 266 g/mol. The van der Waals surface area contributed by atoms with Gasteiger partial charge in [-0.15, -0.1) is 0 Å². The lowest BCUT2D eigenvalue weighted by atomic mass is 9.97. The highest BCUT2D eigenvalue weighted by Crippen LogP contribution is 2.20. The van der Waals surface area contributed by atoms with Gasteiger partial charge in [-0.3, -0.25) is 4.90 Å². The van der Waals surface area contributed by atoms with E-state index in [0.717, 1.165) is 25.6 Å². The molecule has 0 saturated carbocycles. The standard InChI is InChI=1S/C14H22N2O3/c1-15-9-11-3-6-16(7-4-11)10-13-12(5-8-19-13)14(17)18-2/h5,8,11,15H,3-4,6-7,9-10H2,1-2H3. The molecule has 1 aromatic rings. The van der Waals surface area contributed by atoms with Gasteiger partial charge in [-0.25, -0.2) is 4.79 Å². The number of piperidine rings is 1. The zero-order valence-corrected chi connectivity index (χ0v) is 11.6. The molecular formula is C14H22N2O3. The number of hydrogen-bond donors (Lipinski definition) is 1. The molecule has 1 aromatic heterocycles. The molecule has 1 aliphatic heterocycles. The van der Waals surface area contributed by atoms with E-state index in [9.17, 15) is 4.79 Å². The SMILES string of the molecule is CNCC1CCN(Cc2occc2C(=O)OC)CC1. The van der Waals surface area contributed by atoms with Gasteiger partial charge in [0.1, 0.15) is 11.3 Å². The average molecular weight is 266 g/mol. The van der Waals surface area contributed by atoms with Crippen molar-refractivity contribution in [2.75, 3.05) is 33.8 Å². The first-order valence-corrected chi connectivity index (χ1v) is 6.76. The summed E-state index contributed by atoms with van der Waals surface area (Å²) in [6, 6.07) is 1.68. The smallest absolute Gasteiger partial charge is 0.341 e. The third-order valence-electron chi connectivity index (χ3n) is 3.72. The van der Waals surface area contributed by atoms with Crippen LogP contribution >= 0.6 is 0 Å². The normalized spacial score (nSPS) is 17.6. The van der Waals surface area contributed by atoms with E-state index in [1.165, 1.54) is 20.0 Å². The number of hydrogen-bond acceptors (Lipinski definition) is 5. The maximum Gasteiger partial charge on any atom is 0.341 e. The number of likely N-dealkylation sites (tertiary alicyclic amines) is 1. The lowest BCUT2D eigenvalue weighted by Gasteiger charge is -2.31. The van der Waals surface area contributed by atoms with Crippen LogP contribution in [0, 0.1) is 5.92 Å². The van der Waals surface area contributed by atoms with Crippen LogP contribution in [0.3, 0.4) is 0 Å². The van der Waals surface area contributed by atoms with E-state index in [4.69, 9.17) is 9.15 Å². The Bertz CT molecular complexity index is 409. The molecule has 19 heavy (non-hydrogen) atoms. The van der Waals surface area contributed by atoms with E-state index in [0.29, 0.717) is 17.9 Å². The van der Waals surface area contributed by atoms with E-state index in [2.05, 4.69) is 10.2 Å². The van der Waals surface area contributed by atoms with Gasteiger partial charge in [0.05, 0.1) is 19.9 Å². The summed E-state index contributed by atoms with van der Waals surface area (Å²) >= 11 is 0. The number of esters is 1. The van der Waals surface area contributed by atoms with Gasteiger partial charge < -0.3 is 14.5 Å². The number of rotatable bonds is 5. The average Bonchev–Trinajstić information content (AvgIpc) is 2.88. The van der Waals surface area contributed by atoms with Crippen LogP contribution in [-0.4, -0.2) is 44.7 Å². The molecule has 0 aromatic carbocycles. The fourth-order valence-corrected chi connectivity index (χ4v) is 2.60. The first-order valence-electron chi connectivity index (χ1n) is 6.76. The molecule has 5 heteroatoms. The Morgan fingerprint density at radius 2 is 2.26 bits per heavy atom. The molecule has 2 rings (SSSR count). The molecule has 1 saturated heterocycles. The van der Waals surface area contributed by atoms with Crippen LogP contribution in [0.4, 0.5) is 0 Å². The van der Waals surface area contributed by atoms with Crippen LogP contribution in [0.15, 0.2) is 16.7 Å². The molecule has 0 spiro atoms. The van der Waals surface area contributed by atoms with Crippen molar-refractivity contribution in [1.29, 1.82) is 0 Å². The zero-order valence-electron chi connectivity index (χ0n) is 11.6. The van der Waals surface area contributed by atoms with E-state index in [1.807, 2.05) is 7.05 Å². The van der Waals surface area contributed by atoms with E-state index in [-0.39, 0.29) is 5.97 Å². The predicted molar refractivity (Wildman–Crippen MR) is 72.0 cm³/mol.